The topological polar surface area (TPSA) is 43.4 Å². The van der Waals surface area contributed by atoms with Crippen LogP contribution in [0.25, 0.3) is 0 Å². The molecule has 26 heavy (non-hydrogen) atoms. The van der Waals surface area contributed by atoms with Crippen LogP contribution in [0.2, 0.25) is 19.6 Å². The van der Waals surface area contributed by atoms with Gasteiger partial charge in [0.2, 0.25) is 0 Å². The van der Waals surface area contributed by atoms with E-state index in [1.54, 1.807) is 0 Å². The monoisotopic (exact) mass is 544 g/mol. The van der Waals surface area contributed by atoms with Crippen molar-refractivity contribution < 1.29 is 46.1 Å². The molecule has 1 rings (SSSR count). The van der Waals surface area contributed by atoms with E-state index in [4.69, 9.17) is 0 Å². The third kappa shape index (κ3) is 5.07. The Labute approximate surface area is 152 Å². The SMILES string of the molecule is C[Si](C)(C)c1ccc(I(OS(=O)(=O)C(F)(F)F)C(F)(F)C(F)(F)F)cc1. The number of alkyl halides is 9. The van der Waals surface area contributed by atoms with Crippen LogP contribution in [0.15, 0.2) is 24.3 Å². The van der Waals surface area contributed by atoms with E-state index in [9.17, 15) is 43.5 Å². The van der Waals surface area contributed by atoms with Crippen molar-refractivity contribution in [2.75, 3.05) is 0 Å². The summed E-state index contributed by atoms with van der Waals surface area (Å²) in [6.45, 7) is 5.52. The summed E-state index contributed by atoms with van der Waals surface area (Å²) >= 11 is -5.70. The van der Waals surface area contributed by atoms with Crippen LogP contribution in [0.3, 0.4) is 0 Å². The zero-order valence-electron chi connectivity index (χ0n) is 13.3. The molecule has 0 atom stereocenters. The predicted octanol–water partition coefficient (Wildman–Crippen LogP) is 4.84. The van der Waals surface area contributed by atoms with Gasteiger partial charge in [-0.25, -0.2) is 0 Å². The van der Waals surface area contributed by atoms with E-state index in [1.165, 1.54) is 12.1 Å². The van der Waals surface area contributed by atoms with Gasteiger partial charge in [0.1, 0.15) is 0 Å². The normalized spacial score (nSPS) is 15.1. The van der Waals surface area contributed by atoms with E-state index >= 15 is 0 Å². The Morgan fingerprint density at radius 1 is 0.885 bits per heavy atom. The van der Waals surface area contributed by atoms with Crippen molar-refractivity contribution in [3.63, 3.8) is 0 Å². The van der Waals surface area contributed by atoms with Gasteiger partial charge < -0.3 is 0 Å². The standard InChI is InChI=1S/C12H13F8IO3SSi/c1-26(2,3)9-6-4-8(5-7-9)21(11(16,17)10(13,14)15)24-25(22,23)12(18,19)20/h4-7H,1-3H3. The summed E-state index contributed by atoms with van der Waals surface area (Å²) < 4.78 is 122. The van der Waals surface area contributed by atoms with Gasteiger partial charge in [0.15, 0.2) is 0 Å². The molecule has 1 aromatic carbocycles. The molecule has 0 amide bonds. The first-order valence-electron chi connectivity index (χ1n) is 6.57. The quantitative estimate of drug-likeness (QED) is 0.175. The zero-order valence-corrected chi connectivity index (χ0v) is 17.3. The molecule has 1 aromatic rings. The van der Waals surface area contributed by atoms with Gasteiger partial charge in [-0.15, -0.1) is 0 Å². The van der Waals surface area contributed by atoms with Crippen molar-refractivity contribution in [2.24, 2.45) is 0 Å². The predicted molar refractivity (Wildman–Crippen MR) is 89.2 cm³/mol. The minimum atomic E-state index is -6.63. The molecule has 0 aromatic heterocycles. The first kappa shape index (κ1) is 23.6. The fraction of sp³-hybridized carbons (Fsp3) is 0.500. The number of hydrogen-bond acceptors (Lipinski definition) is 3. The average molecular weight is 544 g/mol. The molecule has 14 heteroatoms. The fourth-order valence-electron chi connectivity index (χ4n) is 1.49. The van der Waals surface area contributed by atoms with E-state index in [2.05, 4.69) is 2.51 Å². The summed E-state index contributed by atoms with van der Waals surface area (Å²) in [5.74, 6) is 0. The minimum absolute atomic E-state index is 0.631. The van der Waals surface area contributed by atoms with Crippen LogP contribution in [-0.4, -0.2) is 32.1 Å². The molecule has 0 unspecified atom stereocenters. The molecule has 0 radical (unpaired) electrons. The van der Waals surface area contributed by atoms with E-state index in [0.717, 1.165) is 12.1 Å². The van der Waals surface area contributed by atoms with E-state index < -0.39 is 57.6 Å². The Bertz CT molecular complexity index is 738. The Kier molecular flexibility index (Phi) is 6.49. The van der Waals surface area contributed by atoms with Crippen molar-refractivity contribution in [2.45, 2.75) is 35.3 Å². The van der Waals surface area contributed by atoms with Crippen LogP contribution >= 0.6 is 20.2 Å². The van der Waals surface area contributed by atoms with Crippen molar-refractivity contribution in [3.05, 3.63) is 27.8 Å². The van der Waals surface area contributed by atoms with Gasteiger partial charge in [0.25, 0.3) is 0 Å². The van der Waals surface area contributed by atoms with Crippen molar-refractivity contribution >= 4 is 43.6 Å². The fourth-order valence-corrected chi connectivity index (χ4v) is 8.73. The molecular weight excluding hydrogens is 531 g/mol. The molecule has 0 aliphatic heterocycles. The molecular formula is C12H13F8IO3SSi. The van der Waals surface area contributed by atoms with Crippen LogP contribution in [0.4, 0.5) is 35.1 Å². The van der Waals surface area contributed by atoms with Gasteiger partial charge in [-0.1, -0.05) is 0 Å². The van der Waals surface area contributed by atoms with Crippen LogP contribution in [-0.2, 0) is 12.6 Å². The Morgan fingerprint density at radius 2 is 1.31 bits per heavy atom. The maximum atomic E-state index is 13.7. The van der Waals surface area contributed by atoms with Crippen LogP contribution < -0.4 is 5.19 Å². The maximum absolute atomic E-state index is 13.7. The van der Waals surface area contributed by atoms with Crippen molar-refractivity contribution in [1.82, 2.24) is 0 Å². The Morgan fingerprint density at radius 3 is 1.62 bits per heavy atom. The van der Waals surface area contributed by atoms with E-state index in [1.807, 2.05) is 19.6 Å². The Balaban J connectivity index is 3.48. The second-order valence-corrected chi connectivity index (χ2v) is 17.6. The first-order valence-corrected chi connectivity index (χ1v) is 14.5. The first-order chi connectivity index (χ1) is 11.3. The summed E-state index contributed by atoms with van der Waals surface area (Å²) in [5, 5.41) is 0.631. The second kappa shape index (κ2) is 7.16. The van der Waals surface area contributed by atoms with E-state index in [0.29, 0.717) is 5.19 Å². The molecule has 0 heterocycles. The Hall–Kier alpha value is -0.483. The third-order valence-corrected chi connectivity index (χ3v) is 12.0. The van der Waals surface area contributed by atoms with Crippen LogP contribution in [0.1, 0.15) is 0 Å². The summed E-state index contributed by atoms with van der Waals surface area (Å²) in [7, 11) is -8.61. The average Bonchev–Trinajstić information content (AvgIpc) is 2.41. The number of hydrogen-bond donors (Lipinski definition) is 0. The van der Waals surface area contributed by atoms with Gasteiger partial charge in [-0.05, 0) is 0 Å². The van der Waals surface area contributed by atoms with Gasteiger partial charge in [-0.3, -0.25) is 0 Å². The molecule has 3 nitrogen and oxygen atoms in total. The molecule has 0 saturated heterocycles. The summed E-state index contributed by atoms with van der Waals surface area (Å²) in [6, 6.07) is 3.93. The van der Waals surface area contributed by atoms with Gasteiger partial charge in [0.05, 0.1) is 0 Å². The van der Waals surface area contributed by atoms with Crippen LogP contribution in [0, 0.1) is 3.57 Å². The molecule has 0 spiro atoms. The summed E-state index contributed by atoms with van der Waals surface area (Å²) in [6.07, 6.45) is -6.27. The molecule has 0 saturated carbocycles. The summed E-state index contributed by atoms with van der Waals surface area (Å²) in [5.41, 5.74) is -6.12. The van der Waals surface area contributed by atoms with Gasteiger partial charge >= 0.3 is 153 Å². The van der Waals surface area contributed by atoms with Crippen LogP contribution in [0.5, 0.6) is 0 Å². The molecule has 0 aliphatic rings. The van der Waals surface area contributed by atoms with E-state index in [-0.39, 0.29) is 0 Å². The molecule has 0 N–H and O–H groups in total. The number of benzene rings is 1. The molecule has 0 bridgehead atoms. The van der Waals surface area contributed by atoms with Gasteiger partial charge in [-0.2, -0.15) is 0 Å². The van der Waals surface area contributed by atoms with Crippen molar-refractivity contribution in [3.8, 4) is 0 Å². The number of rotatable bonds is 5. The molecule has 0 aliphatic carbocycles. The zero-order chi connectivity index (χ0) is 20.8. The second-order valence-electron chi connectivity index (χ2n) is 5.96. The summed E-state index contributed by atoms with van der Waals surface area (Å²) in [4.78, 5) is 0. The molecule has 152 valence electrons. The number of halogens is 9. The van der Waals surface area contributed by atoms with Gasteiger partial charge in [0, 0.05) is 0 Å². The third-order valence-electron chi connectivity index (χ3n) is 2.87. The van der Waals surface area contributed by atoms with Crippen molar-refractivity contribution in [1.29, 1.82) is 0 Å². The molecule has 0 fully saturated rings.